The summed E-state index contributed by atoms with van der Waals surface area (Å²) in [5.74, 6) is 1.50. The number of nitrogens with zero attached hydrogens (tertiary/aromatic N) is 2. The Hall–Kier alpha value is -1.75. The second-order valence-electron chi connectivity index (χ2n) is 4.89. The van der Waals surface area contributed by atoms with Gasteiger partial charge >= 0.3 is 0 Å². The molecule has 0 aromatic heterocycles. The molecule has 19 heavy (non-hydrogen) atoms. The van der Waals surface area contributed by atoms with Crippen LogP contribution in [0.25, 0.3) is 0 Å². The second-order valence-corrected chi connectivity index (χ2v) is 4.89. The fourth-order valence-electron chi connectivity index (χ4n) is 2.54. The molecule has 1 aromatic carbocycles. The molecular formula is C14H21N3O2. The Balaban J connectivity index is 1.92. The van der Waals surface area contributed by atoms with Crippen LogP contribution in [0, 0.1) is 5.92 Å². The lowest BCUT2D eigenvalue weighted by molar-refractivity contribution is 0.196. The fraction of sp³-hybridized carbons (Fsp3) is 0.500. The zero-order valence-corrected chi connectivity index (χ0v) is 11.2. The SMILES string of the molecule is COc1ccccc1CN1CCC(C(N)=NO)CC1. The molecule has 1 saturated heterocycles. The van der Waals surface area contributed by atoms with Crippen molar-refractivity contribution >= 4 is 5.84 Å². The molecule has 3 N–H and O–H groups in total. The summed E-state index contributed by atoms with van der Waals surface area (Å²) in [6.07, 6.45) is 1.87. The number of benzene rings is 1. The van der Waals surface area contributed by atoms with Crippen molar-refractivity contribution in [2.24, 2.45) is 16.8 Å². The molecule has 1 aromatic rings. The van der Waals surface area contributed by atoms with E-state index >= 15 is 0 Å². The Bertz CT molecular complexity index is 440. The van der Waals surface area contributed by atoms with E-state index in [0.29, 0.717) is 5.84 Å². The van der Waals surface area contributed by atoms with Crippen LogP contribution in [0.15, 0.2) is 29.4 Å². The number of nitrogens with two attached hydrogens (primary N) is 1. The minimum atomic E-state index is 0.207. The predicted octanol–water partition coefficient (Wildman–Crippen LogP) is 1.65. The first-order valence-corrected chi connectivity index (χ1v) is 6.56. The Morgan fingerprint density at radius 3 is 2.74 bits per heavy atom. The average molecular weight is 263 g/mol. The molecule has 1 heterocycles. The average Bonchev–Trinajstić information content (AvgIpc) is 2.48. The molecule has 0 spiro atoms. The molecule has 5 heteroatoms. The molecule has 0 atom stereocenters. The second kappa shape index (κ2) is 6.43. The van der Waals surface area contributed by atoms with Crippen molar-refractivity contribution in [2.75, 3.05) is 20.2 Å². The molecule has 1 aliphatic heterocycles. The van der Waals surface area contributed by atoms with Crippen LogP contribution in [-0.2, 0) is 6.54 Å². The van der Waals surface area contributed by atoms with Gasteiger partial charge in [0.15, 0.2) is 0 Å². The van der Waals surface area contributed by atoms with Crippen LogP contribution < -0.4 is 10.5 Å². The number of likely N-dealkylation sites (tertiary alicyclic amines) is 1. The van der Waals surface area contributed by atoms with Gasteiger partial charge in [-0.15, -0.1) is 0 Å². The largest absolute Gasteiger partial charge is 0.496 e. The first kappa shape index (κ1) is 13.7. The van der Waals surface area contributed by atoms with E-state index in [1.165, 1.54) is 5.56 Å². The van der Waals surface area contributed by atoms with Crippen molar-refractivity contribution in [1.29, 1.82) is 0 Å². The van der Waals surface area contributed by atoms with Crippen LogP contribution in [0.2, 0.25) is 0 Å². The summed E-state index contributed by atoms with van der Waals surface area (Å²) >= 11 is 0. The predicted molar refractivity (Wildman–Crippen MR) is 74.4 cm³/mol. The van der Waals surface area contributed by atoms with E-state index < -0.39 is 0 Å². The number of amidine groups is 1. The molecule has 1 fully saturated rings. The van der Waals surface area contributed by atoms with Crippen LogP contribution in [0.4, 0.5) is 0 Å². The van der Waals surface area contributed by atoms with Crippen LogP contribution in [0.3, 0.4) is 0 Å². The smallest absolute Gasteiger partial charge is 0.142 e. The third kappa shape index (κ3) is 3.38. The number of ether oxygens (including phenoxy) is 1. The lowest BCUT2D eigenvalue weighted by atomic mass is 9.95. The minimum absolute atomic E-state index is 0.207. The lowest BCUT2D eigenvalue weighted by Gasteiger charge is -2.31. The van der Waals surface area contributed by atoms with Crippen molar-refractivity contribution in [3.05, 3.63) is 29.8 Å². The zero-order chi connectivity index (χ0) is 13.7. The standard InChI is InChI=1S/C14H21N3O2/c1-19-13-5-3-2-4-12(13)10-17-8-6-11(7-9-17)14(15)16-18/h2-5,11,18H,6-10H2,1H3,(H2,15,16). The van der Waals surface area contributed by atoms with Crippen LogP contribution in [0.1, 0.15) is 18.4 Å². The van der Waals surface area contributed by atoms with E-state index in [2.05, 4.69) is 16.1 Å². The summed E-state index contributed by atoms with van der Waals surface area (Å²) in [5.41, 5.74) is 6.85. The van der Waals surface area contributed by atoms with E-state index in [1.54, 1.807) is 7.11 Å². The van der Waals surface area contributed by atoms with Gasteiger partial charge in [-0.2, -0.15) is 0 Å². The monoisotopic (exact) mass is 263 g/mol. The number of para-hydroxylation sites is 1. The summed E-state index contributed by atoms with van der Waals surface area (Å²) in [5, 5.41) is 11.8. The first-order chi connectivity index (χ1) is 9.24. The van der Waals surface area contributed by atoms with E-state index in [0.717, 1.165) is 38.2 Å². The highest BCUT2D eigenvalue weighted by molar-refractivity contribution is 5.82. The maximum Gasteiger partial charge on any atom is 0.142 e. The third-order valence-electron chi connectivity index (χ3n) is 3.71. The van der Waals surface area contributed by atoms with Crippen LogP contribution in [-0.4, -0.2) is 36.1 Å². The first-order valence-electron chi connectivity index (χ1n) is 6.56. The third-order valence-corrected chi connectivity index (χ3v) is 3.71. The van der Waals surface area contributed by atoms with Crippen molar-refractivity contribution < 1.29 is 9.94 Å². The summed E-state index contributed by atoms with van der Waals surface area (Å²) < 4.78 is 5.36. The molecule has 1 aliphatic rings. The lowest BCUT2D eigenvalue weighted by Crippen LogP contribution is -2.38. The molecule has 0 bridgehead atoms. The normalized spacial score (nSPS) is 18.5. The number of hydrogen-bond donors (Lipinski definition) is 2. The van der Waals surface area contributed by atoms with Gasteiger partial charge < -0.3 is 15.7 Å². The van der Waals surface area contributed by atoms with Gasteiger partial charge in [0.25, 0.3) is 0 Å². The highest BCUT2D eigenvalue weighted by Gasteiger charge is 2.22. The summed E-state index contributed by atoms with van der Waals surface area (Å²) in [6, 6.07) is 8.08. The summed E-state index contributed by atoms with van der Waals surface area (Å²) in [6.45, 7) is 2.80. The maximum absolute atomic E-state index is 8.69. The van der Waals surface area contributed by atoms with Crippen LogP contribution in [0.5, 0.6) is 5.75 Å². The minimum Gasteiger partial charge on any atom is -0.496 e. The number of rotatable bonds is 4. The summed E-state index contributed by atoms with van der Waals surface area (Å²) in [4.78, 5) is 2.37. The van der Waals surface area contributed by atoms with E-state index in [9.17, 15) is 0 Å². The summed E-state index contributed by atoms with van der Waals surface area (Å²) in [7, 11) is 1.70. The topological polar surface area (TPSA) is 71.1 Å². The Morgan fingerprint density at radius 1 is 1.42 bits per heavy atom. The fourth-order valence-corrected chi connectivity index (χ4v) is 2.54. The van der Waals surface area contributed by atoms with Crippen molar-refractivity contribution in [3.63, 3.8) is 0 Å². The van der Waals surface area contributed by atoms with E-state index in [1.807, 2.05) is 18.2 Å². The molecule has 0 amide bonds. The maximum atomic E-state index is 8.69. The quantitative estimate of drug-likeness (QED) is 0.375. The molecule has 5 nitrogen and oxygen atoms in total. The van der Waals surface area contributed by atoms with Gasteiger partial charge in [-0.05, 0) is 32.0 Å². The molecule has 0 unspecified atom stereocenters. The van der Waals surface area contributed by atoms with Gasteiger partial charge in [0.05, 0.1) is 7.11 Å². The molecule has 0 aliphatic carbocycles. The molecule has 0 saturated carbocycles. The number of hydrogen-bond acceptors (Lipinski definition) is 4. The number of oxime groups is 1. The Morgan fingerprint density at radius 2 is 2.11 bits per heavy atom. The number of piperidine rings is 1. The molecule has 0 radical (unpaired) electrons. The molecular weight excluding hydrogens is 242 g/mol. The van der Waals surface area contributed by atoms with Crippen molar-refractivity contribution in [1.82, 2.24) is 4.90 Å². The van der Waals surface area contributed by atoms with Gasteiger partial charge in [-0.25, -0.2) is 0 Å². The highest BCUT2D eigenvalue weighted by atomic mass is 16.5. The van der Waals surface area contributed by atoms with Gasteiger partial charge in [0.1, 0.15) is 11.6 Å². The van der Waals surface area contributed by atoms with Crippen molar-refractivity contribution in [2.45, 2.75) is 19.4 Å². The molecule has 104 valence electrons. The number of methoxy groups -OCH3 is 1. The molecule has 2 rings (SSSR count). The van der Waals surface area contributed by atoms with Gasteiger partial charge in [-0.1, -0.05) is 23.4 Å². The highest BCUT2D eigenvalue weighted by Crippen LogP contribution is 2.23. The Labute approximate surface area is 113 Å². The van der Waals surface area contributed by atoms with Crippen LogP contribution >= 0.6 is 0 Å². The van der Waals surface area contributed by atoms with Gasteiger partial charge in [0.2, 0.25) is 0 Å². The Kier molecular flexibility index (Phi) is 4.63. The van der Waals surface area contributed by atoms with Crippen molar-refractivity contribution in [3.8, 4) is 5.75 Å². The van der Waals surface area contributed by atoms with Gasteiger partial charge in [0, 0.05) is 18.0 Å². The zero-order valence-electron chi connectivity index (χ0n) is 11.2. The van der Waals surface area contributed by atoms with E-state index in [-0.39, 0.29) is 5.92 Å². The van der Waals surface area contributed by atoms with Gasteiger partial charge in [-0.3, -0.25) is 4.90 Å². The van der Waals surface area contributed by atoms with E-state index in [4.69, 9.17) is 15.7 Å².